The van der Waals surface area contributed by atoms with Crippen molar-refractivity contribution in [2.45, 2.75) is 25.9 Å². The number of carboxylic acids is 1. The number of aromatic hydroxyl groups is 1. The molecule has 1 atom stereocenters. The first kappa shape index (κ1) is 11.5. The zero-order valence-electron chi connectivity index (χ0n) is 8.47. The van der Waals surface area contributed by atoms with Crippen LogP contribution >= 0.6 is 0 Å². The molecule has 1 rings (SSSR count). The van der Waals surface area contributed by atoms with E-state index in [4.69, 9.17) is 10.2 Å². The third kappa shape index (κ3) is 2.70. The first-order valence-electron chi connectivity index (χ1n) is 4.80. The summed E-state index contributed by atoms with van der Waals surface area (Å²) in [6.07, 6.45) is 0.480. The SMILES string of the molecule is CCCC(O)c1ccc(O)cc1C(=O)O. The van der Waals surface area contributed by atoms with Crippen molar-refractivity contribution in [3.05, 3.63) is 29.3 Å². The number of hydrogen-bond donors (Lipinski definition) is 3. The number of phenolic OH excluding ortho intramolecular Hbond substituents is 1. The second-order valence-corrected chi connectivity index (χ2v) is 3.38. The van der Waals surface area contributed by atoms with Gasteiger partial charge in [0, 0.05) is 0 Å². The highest BCUT2D eigenvalue weighted by Crippen LogP contribution is 2.25. The van der Waals surface area contributed by atoms with Crippen LogP contribution in [-0.4, -0.2) is 21.3 Å². The maximum absolute atomic E-state index is 10.9. The molecule has 0 fully saturated rings. The van der Waals surface area contributed by atoms with Crippen molar-refractivity contribution >= 4 is 5.97 Å². The summed E-state index contributed by atoms with van der Waals surface area (Å²) in [7, 11) is 0. The quantitative estimate of drug-likeness (QED) is 0.709. The first-order valence-corrected chi connectivity index (χ1v) is 4.80. The topological polar surface area (TPSA) is 77.8 Å². The number of benzene rings is 1. The monoisotopic (exact) mass is 210 g/mol. The maximum Gasteiger partial charge on any atom is 0.336 e. The molecule has 3 N–H and O–H groups in total. The summed E-state index contributed by atoms with van der Waals surface area (Å²) in [6, 6.07) is 3.97. The van der Waals surface area contributed by atoms with Gasteiger partial charge in [-0.2, -0.15) is 0 Å². The molecule has 0 saturated heterocycles. The average Bonchev–Trinajstić information content (AvgIpc) is 2.17. The number of carboxylic acid groups (broad SMARTS) is 1. The lowest BCUT2D eigenvalue weighted by Gasteiger charge is -2.12. The number of carbonyl (C=O) groups is 1. The molecule has 0 heterocycles. The standard InChI is InChI=1S/C11H14O4/c1-2-3-10(13)8-5-4-7(12)6-9(8)11(14)15/h4-6,10,12-13H,2-3H2,1H3,(H,14,15). The van der Waals surface area contributed by atoms with Crippen LogP contribution in [0.25, 0.3) is 0 Å². The van der Waals surface area contributed by atoms with Gasteiger partial charge in [0.2, 0.25) is 0 Å². The Balaban J connectivity index is 3.10. The highest BCUT2D eigenvalue weighted by atomic mass is 16.4. The minimum Gasteiger partial charge on any atom is -0.508 e. The zero-order valence-corrected chi connectivity index (χ0v) is 8.47. The Kier molecular flexibility index (Phi) is 3.68. The van der Waals surface area contributed by atoms with Crippen molar-refractivity contribution in [1.29, 1.82) is 0 Å². The molecule has 0 aliphatic heterocycles. The number of phenols is 1. The lowest BCUT2D eigenvalue weighted by Crippen LogP contribution is -2.06. The van der Waals surface area contributed by atoms with E-state index in [2.05, 4.69) is 0 Å². The van der Waals surface area contributed by atoms with Gasteiger partial charge in [-0.1, -0.05) is 19.4 Å². The summed E-state index contributed by atoms with van der Waals surface area (Å²) < 4.78 is 0. The van der Waals surface area contributed by atoms with E-state index in [9.17, 15) is 9.90 Å². The Bertz CT molecular complexity index is 360. The van der Waals surface area contributed by atoms with Gasteiger partial charge >= 0.3 is 5.97 Å². The van der Waals surface area contributed by atoms with Crippen molar-refractivity contribution in [1.82, 2.24) is 0 Å². The van der Waals surface area contributed by atoms with Crippen LogP contribution in [0.5, 0.6) is 5.75 Å². The fourth-order valence-electron chi connectivity index (χ4n) is 1.45. The summed E-state index contributed by atoms with van der Waals surface area (Å²) in [6.45, 7) is 1.91. The van der Waals surface area contributed by atoms with Crippen molar-refractivity contribution in [2.24, 2.45) is 0 Å². The van der Waals surface area contributed by atoms with Crippen LogP contribution in [0.4, 0.5) is 0 Å². The van der Waals surface area contributed by atoms with E-state index in [1.165, 1.54) is 12.1 Å². The Morgan fingerprint density at radius 1 is 1.47 bits per heavy atom. The molecule has 4 nitrogen and oxygen atoms in total. The van der Waals surface area contributed by atoms with Gasteiger partial charge in [0.05, 0.1) is 11.7 Å². The van der Waals surface area contributed by atoms with Gasteiger partial charge in [-0.05, 0) is 24.1 Å². The number of aliphatic hydroxyl groups excluding tert-OH is 1. The van der Waals surface area contributed by atoms with E-state index < -0.39 is 12.1 Å². The molecule has 1 unspecified atom stereocenters. The van der Waals surface area contributed by atoms with E-state index in [0.29, 0.717) is 12.0 Å². The van der Waals surface area contributed by atoms with Crippen LogP contribution in [0.1, 0.15) is 41.8 Å². The molecule has 4 heteroatoms. The van der Waals surface area contributed by atoms with Gasteiger partial charge < -0.3 is 15.3 Å². The molecule has 1 aromatic carbocycles. The molecule has 82 valence electrons. The third-order valence-electron chi connectivity index (χ3n) is 2.19. The van der Waals surface area contributed by atoms with Crippen molar-refractivity contribution in [3.63, 3.8) is 0 Å². The highest BCUT2D eigenvalue weighted by molar-refractivity contribution is 5.90. The summed E-state index contributed by atoms with van der Waals surface area (Å²) in [5.74, 6) is -1.25. The van der Waals surface area contributed by atoms with Crippen molar-refractivity contribution < 1.29 is 20.1 Å². The highest BCUT2D eigenvalue weighted by Gasteiger charge is 2.16. The largest absolute Gasteiger partial charge is 0.508 e. The molecular formula is C11H14O4. The molecule has 0 amide bonds. The maximum atomic E-state index is 10.9. The lowest BCUT2D eigenvalue weighted by atomic mass is 9.99. The van der Waals surface area contributed by atoms with Crippen LogP contribution in [-0.2, 0) is 0 Å². The van der Waals surface area contributed by atoms with E-state index in [-0.39, 0.29) is 11.3 Å². The molecule has 15 heavy (non-hydrogen) atoms. The number of rotatable bonds is 4. The van der Waals surface area contributed by atoms with Crippen LogP contribution < -0.4 is 0 Å². The van der Waals surface area contributed by atoms with Crippen LogP contribution in [0, 0.1) is 0 Å². The second kappa shape index (κ2) is 4.79. The number of aromatic carboxylic acids is 1. The summed E-state index contributed by atoms with van der Waals surface area (Å²) in [4.78, 5) is 10.9. The van der Waals surface area contributed by atoms with Crippen molar-refractivity contribution in [2.75, 3.05) is 0 Å². The van der Waals surface area contributed by atoms with E-state index in [1.807, 2.05) is 6.92 Å². The predicted molar refractivity (Wildman–Crippen MR) is 54.9 cm³/mol. The molecule has 0 aliphatic carbocycles. The van der Waals surface area contributed by atoms with Gasteiger partial charge in [-0.25, -0.2) is 4.79 Å². The fourth-order valence-corrected chi connectivity index (χ4v) is 1.45. The minimum atomic E-state index is -1.14. The minimum absolute atomic E-state index is 0.0454. The predicted octanol–water partition coefficient (Wildman–Crippen LogP) is 1.92. The third-order valence-corrected chi connectivity index (χ3v) is 2.19. The molecular weight excluding hydrogens is 196 g/mol. The van der Waals surface area contributed by atoms with Crippen molar-refractivity contribution in [3.8, 4) is 5.75 Å². The molecule has 1 aromatic rings. The lowest BCUT2D eigenvalue weighted by molar-refractivity contribution is 0.0687. The van der Waals surface area contributed by atoms with Gasteiger partial charge in [0.25, 0.3) is 0 Å². The van der Waals surface area contributed by atoms with E-state index in [0.717, 1.165) is 12.5 Å². The zero-order chi connectivity index (χ0) is 11.4. The summed E-state index contributed by atoms with van der Waals surface area (Å²) >= 11 is 0. The van der Waals surface area contributed by atoms with Gasteiger partial charge in [-0.3, -0.25) is 0 Å². The van der Waals surface area contributed by atoms with Gasteiger partial charge in [0.15, 0.2) is 0 Å². The first-order chi connectivity index (χ1) is 7.06. The second-order valence-electron chi connectivity index (χ2n) is 3.38. The Hall–Kier alpha value is -1.55. The van der Waals surface area contributed by atoms with E-state index in [1.54, 1.807) is 0 Å². The van der Waals surface area contributed by atoms with Gasteiger partial charge in [-0.15, -0.1) is 0 Å². The Morgan fingerprint density at radius 3 is 2.67 bits per heavy atom. The number of aliphatic hydroxyl groups is 1. The molecule has 0 aromatic heterocycles. The van der Waals surface area contributed by atoms with Crippen LogP contribution in [0.15, 0.2) is 18.2 Å². The summed E-state index contributed by atoms with van der Waals surface area (Å²) in [5.41, 5.74) is 0.304. The molecule has 0 saturated carbocycles. The van der Waals surface area contributed by atoms with Gasteiger partial charge in [0.1, 0.15) is 5.75 Å². The average molecular weight is 210 g/mol. The Labute approximate surface area is 87.8 Å². The van der Waals surface area contributed by atoms with Crippen LogP contribution in [0.2, 0.25) is 0 Å². The van der Waals surface area contributed by atoms with Crippen LogP contribution in [0.3, 0.4) is 0 Å². The molecule has 0 spiro atoms. The normalized spacial score (nSPS) is 12.4. The molecule has 0 aliphatic rings. The molecule has 0 radical (unpaired) electrons. The molecule has 0 bridgehead atoms. The fraction of sp³-hybridized carbons (Fsp3) is 0.364. The Morgan fingerprint density at radius 2 is 2.13 bits per heavy atom. The van der Waals surface area contributed by atoms with E-state index >= 15 is 0 Å². The number of hydrogen-bond acceptors (Lipinski definition) is 3. The summed E-state index contributed by atoms with van der Waals surface area (Å²) in [5, 5.41) is 27.7. The smallest absolute Gasteiger partial charge is 0.336 e.